The SMILES string of the molecule is Fc1ccccc1-c1n[nH]c2c1NCCC2. The molecule has 16 heavy (non-hydrogen) atoms. The number of aryl methyl sites for hydroxylation is 1. The van der Waals surface area contributed by atoms with Crippen molar-refractivity contribution in [3.05, 3.63) is 35.8 Å². The number of aromatic nitrogens is 2. The van der Waals surface area contributed by atoms with Crippen LogP contribution in [0.1, 0.15) is 12.1 Å². The summed E-state index contributed by atoms with van der Waals surface area (Å²) in [5.74, 6) is -0.232. The van der Waals surface area contributed by atoms with Gasteiger partial charge < -0.3 is 5.32 Å². The zero-order chi connectivity index (χ0) is 11.0. The molecule has 2 heterocycles. The third-order valence-electron chi connectivity index (χ3n) is 2.88. The Balaban J connectivity index is 2.13. The molecule has 0 aliphatic carbocycles. The fraction of sp³-hybridized carbons (Fsp3) is 0.250. The molecule has 2 aromatic rings. The number of rotatable bonds is 1. The fourth-order valence-corrected chi connectivity index (χ4v) is 2.08. The highest BCUT2D eigenvalue weighted by Gasteiger charge is 2.19. The molecule has 0 bridgehead atoms. The van der Waals surface area contributed by atoms with Gasteiger partial charge in [0.05, 0.1) is 11.4 Å². The average molecular weight is 217 g/mol. The quantitative estimate of drug-likeness (QED) is 0.770. The molecule has 4 heteroatoms. The van der Waals surface area contributed by atoms with Crippen LogP contribution >= 0.6 is 0 Å². The largest absolute Gasteiger partial charge is 0.382 e. The Labute approximate surface area is 92.7 Å². The third kappa shape index (κ3) is 1.38. The van der Waals surface area contributed by atoms with Gasteiger partial charge in [-0.1, -0.05) is 12.1 Å². The van der Waals surface area contributed by atoms with E-state index in [1.54, 1.807) is 12.1 Å². The zero-order valence-electron chi connectivity index (χ0n) is 8.76. The Morgan fingerprint density at radius 1 is 1.25 bits per heavy atom. The molecule has 0 fully saturated rings. The summed E-state index contributed by atoms with van der Waals surface area (Å²) in [5.41, 5.74) is 3.27. The molecule has 0 saturated heterocycles. The van der Waals surface area contributed by atoms with Gasteiger partial charge in [0.2, 0.25) is 0 Å². The first-order chi connectivity index (χ1) is 7.86. The minimum absolute atomic E-state index is 0.232. The second-order valence-electron chi connectivity index (χ2n) is 3.94. The van der Waals surface area contributed by atoms with Gasteiger partial charge in [-0.15, -0.1) is 0 Å². The van der Waals surface area contributed by atoms with E-state index < -0.39 is 0 Å². The highest BCUT2D eigenvalue weighted by molar-refractivity contribution is 5.77. The van der Waals surface area contributed by atoms with Crippen LogP contribution in [-0.4, -0.2) is 16.7 Å². The molecule has 0 saturated carbocycles. The molecule has 2 N–H and O–H groups in total. The van der Waals surface area contributed by atoms with Crippen LogP contribution in [-0.2, 0) is 6.42 Å². The van der Waals surface area contributed by atoms with E-state index in [2.05, 4.69) is 15.5 Å². The Bertz CT molecular complexity index is 519. The number of halogens is 1. The lowest BCUT2D eigenvalue weighted by Gasteiger charge is -2.14. The Hall–Kier alpha value is -1.84. The Morgan fingerprint density at radius 2 is 2.12 bits per heavy atom. The van der Waals surface area contributed by atoms with Gasteiger partial charge in [0, 0.05) is 12.1 Å². The van der Waals surface area contributed by atoms with Crippen LogP contribution < -0.4 is 5.32 Å². The van der Waals surface area contributed by atoms with Crippen LogP contribution in [0.3, 0.4) is 0 Å². The topological polar surface area (TPSA) is 40.7 Å². The molecule has 1 aliphatic heterocycles. The van der Waals surface area contributed by atoms with E-state index in [9.17, 15) is 4.39 Å². The van der Waals surface area contributed by atoms with Crippen molar-refractivity contribution in [3.8, 4) is 11.3 Å². The standard InChI is InChI=1S/C12H12FN3/c13-9-5-2-1-4-8(9)11-12-10(15-16-11)6-3-7-14-12/h1-2,4-5,14H,3,6-7H2,(H,15,16). The van der Waals surface area contributed by atoms with Gasteiger partial charge in [0.15, 0.2) is 0 Å². The lowest BCUT2D eigenvalue weighted by molar-refractivity contribution is 0.630. The molecular formula is C12H12FN3. The lowest BCUT2D eigenvalue weighted by atomic mass is 10.1. The summed E-state index contributed by atoms with van der Waals surface area (Å²) < 4.78 is 13.6. The van der Waals surface area contributed by atoms with E-state index in [-0.39, 0.29) is 5.82 Å². The van der Waals surface area contributed by atoms with Crippen molar-refractivity contribution >= 4 is 5.69 Å². The van der Waals surface area contributed by atoms with Crippen molar-refractivity contribution in [3.63, 3.8) is 0 Å². The first-order valence-corrected chi connectivity index (χ1v) is 5.42. The molecule has 1 aromatic carbocycles. The van der Waals surface area contributed by atoms with Crippen molar-refractivity contribution in [2.75, 3.05) is 11.9 Å². The van der Waals surface area contributed by atoms with E-state index in [4.69, 9.17) is 0 Å². The third-order valence-corrected chi connectivity index (χ3v) is 2.88. The van der Waals surface area contributed by atoms with Gasteiger partial charge in [-0.25, -0.2) is 4.39 Å². The number of hydrogen-bond donors (Lipinski definition) is 2. The van der Waals surface area contributed by atoms with Crippen LogP contribution in [0.25, 0.3) is 11.3 Å². The zero-order valence-corrected chi connectivity index (χ0v) is 8.76. The number of benzene rings is 1. The van der Waals surface area contributed by atoms with Crippen molar-refractivity contribution in [2.45, 2.75) is 12.8 Å². The summed E-state index contributed by atoms with van der Waals surface area (Å²) in [6.45, 7) is 0.925. The molecule has 0 amide bonds. The number of nitrogens with one attached hydrogen (secondary N) is 2. The summed E-state index contributed by atoms with van der Waals surface area (Å²) in [6.07, 6.45) is 2.07. The predicted octanol–water partition coefficient (Wildman–Crippen LogP) is 2.57. The second kappa shape index (κ2) is 3.63. The summed E-state index contributed by atoms with van der Waals surface area (Å²) in [4.78, 5) is 0. The Kier molecular flexibility index (Phi) is 2.13. The number of nitrogens with zero attached hydrogens (tertiary/aromatic N) is 1. The van der Waals surface area contributed by atoms with Gasteiger partial charge in [-0.05, 0) is 25.0 Å². The monoisotopic (exact) mass is 217 g/mol. The lowest BCUT2D eigenvalue weighted by Crippen LogP contribution is -2.11. The molecule has 3 nitrogen and oxygen atoms in total. The van der Waals surface area contributed by atoms with Crippen molar-refractivity contribution in [2.24, 2.45) is 0 Å². The average Bonchev–Trinajstić information content (AvgIpc) is 2.74. The fourth-order valence-electron chi connectivity index (χ4n) is 2.08. The molecule has 0 unspecified atom stereocenters. The minimum Gasteiger partial charge on any atom is -0.382 e. The van der Waals surface area contributed by atoms with Crippen LogP contribution in [0.4, 0.5) is 10.1 Å². The molecule has 1 aliphatic rings. The normalized spacial score (nSPS) is 14.3. The summed E-state index contributed by atoms with van der Waals surface area (Å²) >= 11 is 0. The number of fused-ring (bicyclic) bond motifs is 1. The van der Waals surface area contributed by atoms with Gasteiger partial charge in [-0.3, -0.25) is 5.10 Å². The maximum atomic E-state index is 13.6. The van der Waals surface area contributed by atoms with E-state index in [1.807, 2.05) is 6.07 Å². The second-order valence-corrected chi connectivity index (χ2v) is 3.94. The number of H-pyrrole nitrogens is 1. The molecular weight excluding hydrogens is 205 g/mol. The van der Waals surface area contributed by atoms with Gasteiger partial charge >= 0.3 is 0 Å². The van der Waals surface area contributed by atoms with E-state index >= 15 is 0 Å². The summed E-state index contributed by atoms with van der Waals surface area (Å²) in [5, 5.41) is 10.5. The smallest absolute Gasteiger partial charge is 0.132 e. The molecule has 0 atom stereocenters. The van der Waals surface area contributed by atoms with Gasteiger partial charge in [-0.2, -0.15) is 5.10 Å². The summed E-state index contributed by atoms with van der Waals surface area (Å²) in [7, 11) is 0. The van der Waals surface area contributed by atoms with Crippen LogP contribution in [0.2, 0.25) is 0 Å². The number of hydrogen-bond acceptors (Lipinski definition) is 2. The van der Waals surface area contributed by atoms with Crippen molar-refractivity contribution in [1.82, 2.24) is 10.2 Å². The van der Waals surface area contributed by atoms with Crippen LogP contribution in [0, 0.1) is 5.82 Å². The highest BCUT2D eigenvalue weighted by Crippen LogP contribution is 2.32. The van der Waals surface area contributed by atoms with E-state index in [0.717, 1.165) is 30.8 Å². The van der Waals surface area contributed by atoms with Crippen molar-refractivity contribution < 1.29 is 4.39 Å². The number of anilines is 1. The van der Waals surface area contributed by atoms with Crippen LogP contribution in [0.5, 0.6) is 0 Å². The predicted molar refractivity (Wildman–Crippen MR) is 60.8 cm³/mol. The van der Waals surface area contributed by atoms with Crippen molar-refractivity contribution in [1.29, 1.82) is 0 Å². The van der Waals surface area contributed by atoms with Gasteiger partial charge in [0.1, 0.15) is 11.5 Å². The van der Waals surface area contributed by atoms with E-state index in [1.165, 1.54) is 6.07 Å². The minimum atomic E-state index is -0.232. The molecule has 3 rings (SSSR count). The van der Waals surface area contributed by atoms with Crippen LogP contribution in [0.15, 0.2) is 24.3 Å². The maximum Gasteiger partial charge on any atom is 0.132 e. The molecule has 1 aromatic heterocycles. The number of aromatic amines is 1. The molecule has 0 spiro atoms. The molecule has 0 radical (unpaired) electrons. The maximum absolute atomic E-state index is 13.6. The Morgan fingerprint density at radius 3 is 3.00 bits per heavy atom. The van der Waals surface area contributed by atoms with E-state index in [0.29, 0.717) is 11.3 Å². The van der Waals surface area contributed by atoms with Gasteiger partial charge in [0.25, 0.3) is 0 Å². The molecule has 82 valence electrons. The highest BCUT2D eigenvalue weighted by atomic mass is 19.1. The summed E-state index contributed by atoms with van der Waals surface area (Å²) in [6, 6.07) is 6.72. The first-order valence-electron chi connectivity index (χ1n) is 5.42. The first kappa shape index (κ1) is 9.39.